The van der Waals surface area contributed by atoms with Gasteiger partial charge in [0.15, 0.2) is 0 Å². The summed E-state index contributed by atoms with van der Waals surface area (Å²) in [6, 6.07) is 3.08. The van der Waals surface area contributed by atoms with E-state index in [1.54, 1.807) is 6.07 Å². The molecule has 1 aliphatic heterocycles. The molecule has 8 nitrogen and oxygen atoms in total. The highest BCUT2D eigenvalue weighted by atomic mass is 19.1. The number of nitrogens with two attached hydrogens (primary N) is 2. The van der Waals surface area contributed by atoms with Crippen LogP contribution in [0.1, 0.15) is 29.2 Å². The molecular formula is C19H26FN5O3. The lowest BCUT2D eigenvalue weighted by atomic mass is 10.1. The molecule has 6 N–H and O–H groups in total. The zero-order valence-corrected chi connectivity index (χ0v) is 15.7. The summed E-state index contributed by atoms with van der Waals surface area (Å²) in [5.41, 5.74) is 9.96. The quantitative estimate of drug-likeness (QED) is 0.597. The lowest BCUT2D eigenvalue weighted by Crippen LogP contribution is -2.43. The van der Waals surface area contributed by atoms with E-state index in [1.165, 1.54) is 12.3 Å². The largest absolute Gasteiger partial charge is 0.477 e. The number of rotatable bonds is 4. The van der Waals surface area contributed by atoms with Crippen LogP contribution in [0, 0.1) is 5.82 Å². The second kappa shape index (κ2) is 8.68. The first-order valence-electron chi connectivity index (χ1n) is 9.45. The lowest BCUT2D eigenvalue weighted by molar-refractivity contribution is 0.0695. The van der Waals surface area contributed by atoms with Crippen LogP contribution in [0.2, 0.25) is 0 Å². The topological polar surface area (TPSA) is 127 Å². The van der Waals surface area contributed by atoms with Gasteiger partial charge in [-0.05, 0) is 25.0 Å². The molecule has 0 unspecified atom stereocenters. The summed E-state index contributed by atoms with van der Waals surface area (Å²) in [5.74, 6) is -1.76. The number of hydrogen-bond acceptors (Lipinski definition) is 6. The number of carboxylic acid groups (broad SMARTS) is 1. The number of aromatic nitrogens is 1. The molecule has 2 fully saturated rings. The third-order valence-corrected chi connectivity index (χ3v) is 4.90. The van der Waals surface area contributed by atoms with Crippen LogP contribution in [0.4, 0.5) is 10.1 Å². The van der Waals surface area contributed by atoms with Crippen molar-refractivity contribution in [1.29, 1.82) is 0 Å². The molecule has 0 bridgehead atoms. The third-order valence-electron chi connectivity index (χ3n) is 4.90. The predicted molar refractivity (Wildman–Crippen MR) is 107 cm³/mol. The van der Waals surface area contributed by atoms with Gasteiger partial charge in [0.25, 0.3) is 0 Å². The van der Waals surface area contributed by atoms with Crippen LogP contribution < -0.4 is 27.1 Å². The Hall–Kier alpha value is -2.49. The van der Waals surface area contributed by atoms with E-state index in [-0.39, 0.29) is 17.0 Å². The zero-order chi connectivity index (χ0) is 20.3. The zero-order valence-electron chi connectivity index (χ0n) is 15.7. The summed E-state index contributed by atoms with van der Waals surface area (Å²) in [4.78, 5) is 25.7. The molecule has 1 aromatic carbocycles. The first kappa shape index (κ1) is 20.2. The van der Waals surface area contributed by atoms with Crippen molar-refractivity contribution >= 4 is 22.6 Å². The monoisotopic (exact) mass is 391 g/mol. The molecule has 152 valence electrons. The van der Waals surface area contributed by atoms with Gasteiger partial charge in [0, 0.05) is 56.9 Å². The molecule has 0 spiro atoms. The van der Waals surface area contributed by atoms with E-state index < -0.39 is 17.2 Å². The van der Waals surface area contributed by atoms with E-state index in [9.17, 15) is 19.1 Å². The number of pyridine rings is 1. The molecule has 1 aromatic heterocycles. The fourth-order valence-corrected chi connectivity index (χ4v) is 3.31. The highest BCUT2D eigenvalue weighted by Gasteiger charge is 2.28. The second-order valence-corrected chi connectivity index (χ2v) is 6.95. The maximum Gasteiger partial charge on any atom is 0.341 e. The maximum atomic E-state index is 14.6. The highest BCUT2D eigenvalue weighted by molar-refractivity contribution is 5.93. The first-order valence-corrected chi connectivity index (χ1v) is 9.45. The summed E-state index contributed by atoms with van der Waals surface area (Å²) in [6.07, 6.45) is 3.29. The van der Waals surface area contributed by atoms with Gasteiger partial charge in [-0.2, -0.15) is 0 Å². The summed E-state index contributed by atoms with van der Waals surface area (Å²) in [7, 11) is 0. The van der Waals surface area contributed by atoms with Crippen LogP contribution in [-0.2, 0) is 0 Å². The van der Waals surface area contributed by atoms with E-state index in [0.717, 1.165) is 25.9 Å². The average molecular weight is 391 g/mol. The van der Waals surface area contributed by atoms with Gasteiger partial charge in [-0.25, -0.2) is 9.18 Å². The van der Waals surface area contributed by atoms with Gasteiger partial charge in [0.2, 0.25) is 5.43 Å². The molecule has 0 amide bonds. The van der Waals surface area contributed by atoms with Crippen LogP contribution in [0.5, 0.6) is 0 Å². The van der Waals surface area contributed by atoms with E-state index >= 15 is 0 Å². The van der Waals surface area contributed by atoms with Crippen LogP contribution in [0.25, 0.3) is 10.9 Å². The molecular weight excluding hydrogens is 365 g/mol. The Balaban J connectivity index is 0.000000516. The van der Waals surface area contributed by atoms with Crippen molar-refractivity contribution in [3.05, 3.63) is 39.9 Å². The van der Waals surface area contributed by atoms with Gasteiger partial charge in [-0.1, -0.05) is 0 Å². The summed E-state index contributed by atoms with van der Waals surface area (Å²) in [5, 5.41) is 12.6. The summed E-state index contributed by atoms with van der Waals surface area (Å²) in [6.45, 7) is 4.16. The number of hydrogen-bond donors (Lipinski definition) is 4. The number of carboxylic acids is 1. The van der Waals surface area contributed by atoms with Gasteiger partial charge >= 0.3 is 5.97 Å². The number of carbonyl (C=O) groups is 1. The number of fused-ring (bicyclic) bond motifs is 1. The minimum absolute atomic E-state index is 0.137. The summed E-state index contributed by atoms with van der Waals surface area (Å²) < 4.78 is 16.4. The molecule has 1 saturated heterocycles. The molecule has 0 atom stereocenters. The fraction of sp³-hybridized carbons (Fsp3) is 0.474. The molecule has 1 saturated carbocycles. The Morgan fingerprint density at radius 1 is 1.21 bits per heavy atom. The van der Waals surface area contributed by atoms with E-state index in [0.29, 0.717) is 37.4 Å². The lowest BCUT2D eigenvalue weighted by Gasteiger charge is -2.30. The fourth-order valence-electron chi connectivity index (χ4n) is 3.31. The maximum absolute atomic E-state index is 14.6. The van der Waals surface area contributed by atoms with Gasteiger partial charge in [0.05, 0.1) is 11.2 Å². The molecule has 1 aliphatic carbocycles. The molecule has 0 radical (unpaired) electrons. The minimum atomic E-state index is -1.28. The normalized spacial score (nSPS) is 16.6. The number of anilines is 1. The molecule has 2 aromatic rings. The predicted octanol–water partition coefficient (Wildman–Crippen LogP) is 0.487. The van der Waals surface area contributed by atoms with Crippen molar-refractivity contribution in [3.63, 3.8) is 0 Å². The Bertz CT molecular complexity index is 918. The third kappa shape index (κ3) is 4.16. The standard InChI is InChI=1S/C17H18FN3O3.C2H8N2/c18-13-7-11-14(8-15(13)20-5-3-19-4-6-20)21(10-1-2-10)9-12(16(11)22)17(23)24;3-1-2-4/h7-10,19H,1-6H2,(H,23,24);1-4H2. The number of halogens is 1. The van der Waals surface area contributed by atoms with Crippen molar-refractivity contribution in [2.24, 2.45) is 11.5 Å². The van der Waals surface area contributed by atoms with Gasteiger partial charge in [-0.15, -0.1) is 0 Å². The van der Waals surface area contributed by atoms with Crippen molar-refractivity contribution in [3.8, 4) is 0 Å². The number of nitrogens with one attached hydrogen (secondary N) is 1. The van der Waals surface area contributed by atoms with Crippen molar-refractivity contribution in [1.82, 2.24) is 9.88 Å². The Kier molecular flexibility index (Phi) is 6.28. The Morgan fingerprint density at radius 2 is 1.86 bits per heavy atom. The van der Waals surface area contributed by atoms with E-state index in [1.807, 2.05) is 9.47 Å². The molecule has 4 rings (SSSR count). The number of piperazine rings is 1. The van der Waals surface area contributed by atoms with Crippen LogP contribution in [-0.4, -0.2) is 54.9 Å². The molecule has 9 heteroatoms. The highest BCUT2D eigenvalue weighted by Crippen LogP contribution is 2.38. The van der Waals surface area contributed by atoms with Crippen molar-refractivity contribution < 1.29 is 14.3 Å². The smallest absolute Gasteiger partial charge is 0.341 e. The van der Waals surface area contributed by atoms with E-state index in [4.69, 9.17) is 11.5 Å². The molecule has 2 heterocycles. The second-order valence-electron chi connectivity index (χ2n) is 6.95. The minimum Gasteiger partial charge on any atom is -0.477 e. The molecule has 2 aliphatic rings. The van der Waals surface area contributed by atoms with Crippen LogP contribution >= 0.6 is 0 Å². The number of nitrogens with zero attached hydrogens (tertiary/aromatic N) is 2. The van der Waals surface area contributed by atoms with Crippen LogP contribution in [0.3, 0.4) is 0 Å². The Morgan fingerprint density at radius 3 is 2.39 bits per heavy atom. The van der Waals surface area contributed by atoms with Gasteiger partial charge in [-0.3, -0.25) is 4.79 Å². The SMILES string of the molecule is NCCN.O=C(O)c1cn(C2CC2)c2cc(N3CCNCC3)c(F)cc2c1=O. The van der Waals surface area contributed by atoms with E-state index in [2.05, 4.69) is 5.32 Å². The average Bonchev–Trinajstić information content (AvgIpc) is 3.54. The van der Waals surface area contributed by atoms with Gasteiger partial charge < -0.3 is 31.4 Å². The number of aromatic carboxylic acids is 1. The summed E-state index contributed by atoms with van der Waals surface area (Å²) >= 11 is 0. The van der Waals surface area contributed by atoms with Gasteiger partial charge in [0.1, 0.15) is 11.4 Å². The number of benzene rings is 1. The van der Waals surface area contributed by atoms with Crippen molar-refractivity contribution in [2.75, 3.05) is 44.2 Å². The Labute approximate surface area is 161 Å². The first-order chi connectivity index (χ1) is 13.5. The van der Waals surface area contributed by atoms with Crippen molar-refractivity contribution in [2.45, 2.75) is 18.9 Å². The van der Waals surface area contributed by atoms with Crippen LogP contribution in [0.15, 0.2) is 23.1 Å². The molecule has 28 heavy (non-hydrogen) atoms.